The second-order valence-corrected chi connectivity index (χ2v) is 7.36. The van der Waals surface area contributed by atoms with Crippen LogP contribution < -0.4 is 5.32 Å². The van der Waals surface area contributed by atoms with Crippen molar-refractivity contribution < 1.29 is 4.79 Å². The second-order valence-electron chi connectivity index (χ2n) is 7.36. The van der Waals surface area contributed by atoms with Crippen LogP contribution in [-0.4, -0.2) is 47.0 Å². The molecule has 7 heteroatoms. The minimum atomic E-state index is 0. The SMILES string of the molecule is CCNCC1CCN(C(=O)c2cc(-c3cccnc3)nc3ccccc23)CC1.Cl.Cl. The van der Waals surface area contributed by atoms with Gasteiger partial charge in [0.05, 0.1) is 16.8 Å². The molecule has 0 spiro atoms. The molecule has 0 aliphatic carbocycles. The number of rotatable bonds is 5. The van der Waals surface area contributed by atoms with Gasteiger partial charge in [0, 0.05) is 36.4 Å². The van der Waals surface area contributed by atoms with Gasteiger partial charge < -0.3 is 10.2 Å². The molecule has 3 heterocycles. The van der Waals surface area contributed by atoms with E-state index in [0.717, 1.165) is 66.7 Å². The first kappa shape index (κ1) is 24.1. The third kappa shape index (κ3) is 5.28. The highest BCUT2D eigenvalue weighted by Crippen LogP contribution is 2.27. The van der Waals surface area contributed by atoms with Crippen LogP contribution in [0.3, 0.4) is 0 Å². The summed E-state index contributed by atoms with van der Waals surface area (Å²) in [6.45, 7) is 5.80. The van der Waals surface area contributed by atoms with E-state index >= 15 is 0 Å². The maximum absolute atomic E-state index is 13.4. The molecule has 160 valence electrons. The Hall–Kier alpha value is -2.21. The van der Waals surface area contributed by atoms with Crippen molar-refractivity contribution in [2.45, 2.75) is 19.8 Å². The fraction of sp³-hybridized carbons (Fsp3) is 0.348. The molecule has 1 aromatic carbocycles. The minimum Gasteiger partial charge on any atom is -0.339 e. The topological polar surface area (TPSA) is 58.1 Å². The van der Waals surface area contributed by atoms with Crippen LogP contribution in [0, 0.1) is 5.92 Å². The second kappa shape index (κ2) is 11.3. The van der Waals surface area contributed by atoms with Crippen molar-refractivity contribution in [3.05, 3.63) is 60.4 Å². The van der Waals surface area contributed by atoms with Crippen molar-refractivity contribution in [3.8, 4) is 11.3 Å². The molecule has 1 saturated heterocycles. The van der Waals surface area contributed by atoms with E-state index in [-0.39, 0.29) is 30.7 Å². The van der Waals surface area contributed by atoms with E-state index in [1.807, 2.05) is 47.4 Å². The number of para-hydroxylation sites is 1. The lowest BCUT2D eigenvalue weighted by Crippen LogP contribution is -2.40. The lowest BCUT2D eigenvalue weighted by molar-refractivity contribution is 0.0692. The van der Waals surface area contributed by atoms with Crippen molar-refractivity contribution in [2.24, 2.45) is 5.92 Å². The van der Waals surface area contributed by atoms with Crippen LogP contribution in [0.4, 0.5) is 0 Å². The summed E-state index contributed by atoms with van der Waals surface area (Å²) >= 11 is 0. The number of halogens is 2. The molecule has 4 rings (SSSR count). The summed E-state index contributed by atoms with van der Waals surface area (Å²) in [6.07, 6.45) is 5.64. The van der Waals surface area contributed by atoms with Crippen LogP contribution in [-0.2, 0) is 0 Å². The number of carbonyl (C=O) groups is 1. The van der Waals surface area contributed by atoms with Gasteiger partial charge in [0.15, 0.2) is 0 Å². The quantitative estimate of drug-likeness (QED) is 0.621. The first-order chi connectivity index (χ1) is 13.8. The molecule has 1 amide bonds. The Morgan fingerprint density at radius 2 is 1.90 bits per heavy atom. The van der Waals surface area contributed by atoms with E-state index in [2.05, 4.69) is 17.2 Å². The fourth-order valence-electron chi connectivity index (χ4n) is 3.87. The van der Waals surface area contributed by atoms with Crippen LogP contribution in [0.5, 0.6) is 0 Å². The monoisotopic (exact) mass is 446 g/mol. The van der Waals surface area contributed by atoms with Crippen LogP contribution >= 0.6 is 24.8 Å². The molecule has 1 fully saturated rings. The molecular formula is C23H28Cl2N4O. The first-order valence-electron chi connectivity index (χ1n) is 10.1. The van der Waals surface area contributed by atoms with Crippen LogP contribution in [0.25, 0.3) is 22.2 Å². The van der Waals surface area contributed by atoms with Crippen LogP contribution in [0.2, 0.25) is 0 Å². The van der Waals surface area contributed by atoms with Gasteiger partial charge in [-0.2, -0.15) is 0 Å². The van der Waals surface area contributed by atoms with E-state index in [4.69, 9.17) is 4.98 Å². The standard InChI is InChI=1S/C23H26N4O.2ClH/c1-2-24-15-17-9-12-27(13-10-17)23(28)20-14-22(18-6-5-11-25-16-18)26-21-8-4-3-7-19(20)21;;/h3-8,11,14,16-17,24H,2,9-10,12-13,15H2,1H3;2*1H. The predicted molar refractivity (Wildman–Crippen MR) is 127 cm³/mol. The molecule has 5 nitrogen and oxygen atoms in total. The van der Waals surface area contributed by atoms with E-state index in [9.17, 15) is 4.79 Å². The molecular weight excluding hydrogens is 419 g/mol. The van der Waals surface area contributed by atoms with Crippen molar-refractivity contribution in [1.82, 2.24) is 20.2 Å². The zero-order valence-electron chi connectivity index (χ0n) is 17.1. The van der Waals surface area contributed by atoms with Crippen molar-refractivity contribution in [2.75, 3.05) is 26.2 Å². The van der Waals surface area contributed by atoms with E-state index in [0.29, 0.717) is 5.92 Å². The highest BCUT2D eigenvalue weighted by molar-refractivity contribution is 6.07. The number of amides is 1. The Bertz CT molecular complexity index is 960. The van der Waals surface area contributed by atoms with Gasteiger partial charge in [-0.1, -0.05) is 25.1 Å². The average Bonchev–Trinajstić information content (AvgIpc) is 2.77. The maximum Gasteiger partial charge on any atom is 0.254 e. The number of likely N-dealkylation sites (tertiary alicyclic amines) is 1. The Morgan fingerprint density at radius 3 is 2.60 bits per heavy atom. The van der Waals surface area contributed by atoms with E-state index in [1.54, 1.807) is 12.4 Å². The first-order valence-corrected chi connectivity index (χ1v) is 10.1. The van der Waals surface area contributed by atoms with Crippen LogP contribution in [0.1, 0.15) is 30.1 Å². The number of fused-ring (bicyclic) bond motifs is 1. The number of piperidine rings is 1. The van der Waals surface area contributed by atoms with Crippen molar-refractivity contribution in [3.63, 3.8) is 0 Å². The Morgan fingerprint density at radius 1 is 1.13 bits per heavy atom. The smallest absolute Gasteiger partial charge is 0.254 e. The number of nitrogens with zero attached hydrogens (tertiary/aromatic N) is 3. The summed E-state index contributed by atoms with van der Waals surface area (Å²) in [5, 5.41) is 4.34. The molecule has 1 aliphatic rings. The lowest BCUT2D eigenvalue weighted by Gasteiger charge is -2.32. The maximum atomic E-state index is 13.4. The number of aromatic nitrogens is 2. The molecule has 2 aromatic heterocycles. The van der Waals surface area contributed by atoms with E-state index < -0.39 is 0 Å². The van der Waals surface area contributed by atoms with Crippen molar-refractivity contribution >= 4 is 41.6 Å². The van der Waals surface area contributed by atoms with Gasteiger partial charge in [-0.15, -0.1) is 24.8 Å². The normalized spacial score (nSPS) is 14.1. The Labute approximate surface area is 190 Å². The van der Waals surface area contributed by atoms with Gasteiger partial charge in [-0.25, -0.2) is 4.98 Å². The van der Waals surface area contributed by atoms with Crippen LogP contribution in [0.15, 0.2) is 54.9 Å². The molecule has 0 bridgehead atoms. The van der Waals surface area contributed by atoms with Gasteiger partial charge in [0.2, 0.25) is 0 Å². The fourth-order valence-corrected chi connectivity index (χ4v) is 3.87. The number of benzene rings is 1. The number of pyridine rings is 2. The van der Waals surface area contributed by atoms with Gasteiger partial charge in [-0.3, -0.25) is 9.78 Å². The van der Waals surface area contributed by atoms with E-state index in [1.165, 1.54) is 0 Å². The summed E-state index contributed by atoms with van der Waals surface area (Å²) in [4.78, 5) is 24.3. The summed E-state index contributed by atoms with van der Waals surface area (Å²) in [7, 11) is 0. The zero-order chi connectivity index (χ0) is 19.3. The zero-order valence-corrected chi connectivity index (χ0v) is 18.7. The molecule has 30 heavy (non-hydrogen) atoms. The minimum absolute atomic E-state index is 0. The summed E-state index contributed by atoms with van der Waals surface area (Å²) in [5.74, 6) is 0.759. The molecule has 3 aromatic rings. The number of nitrogens with one attached hydrogen (secondary N) is 1. The Balaban J connectivity index is 0.00000160. The van der Waals surface area contributed by atoms with Gasteiger partial charge in [-0.05, 0) is 56.1 Å². The van der Waals surface area contributed by atoms with Crippen molar-refractivity contribution in [1.29, 1.82) is 0 Å². The van der Waals surface area contributed by atoms with Gasteiger partial charge in [0.1, 0.15) is 0 Å². The molecule has 0 atom stereocenters. The molecule has 1 aliphatic heterocycles. The third-order valence-electron chi connectivity index (χ3n) is 5.49. The number of carbonyl (C=O) groups excluding carboxylic acids is 1. The van der Waals surface area contributed by atoms with Gasteiger partial charge >= 0.3 is 0 Å². The number of hydrogen-bond acceptors (Lipinski definition) is 4. The van der Waals surface area contributed by atoms with Gasteiger partial charge in [0.25, 0.3) is 5.91 Å². The molecule has 0 radical (unpaired) electrons. The highest BCUT2D eigenvalue weighted by atomic mass is 35.5. The summed E-state index contributed by atoms with van der Waals surface area (Å²) in [6, 6.07) is 13.7. The third-order valence-corrected chi connectivity index (χ3v) is 5.49. The molecule has 0 saturated carbocycles. The summed E-state index contributed by atoms with van der Waals surface area (Å²) in [5.41, 5.74) is 3.28. The summed E-state index contributed by atoms with van der Waals surface area (Å²) < 4.78 is 0. The number of hydrogen-bond donors (Lipinski definition) is 1. The Kier molecular flexibility index (Phi) is 9.03. The predicted octanol–water partition coefficient (Wildman–Crippen LogP) is 4.60. The molecule has 0 unspecified atom stereocenters. The molecule has 1 N–H and O–H groups in total. The highest BCUT2D eigenvalue weighted by Gasteiger charge is 2.25. The largest absolute Gasteiger partial charge is 0.339 e. The lowest BCUT2D eigenvalue weighted by atomic mass is 9.95. The average molecular weight is 447 g/mol.